The van der Waals surface area contributed by atoms with Gasteiger partial charge in [-0.2, -0.15) is 0 Å². The monoisotopic (exact) mass is 528 g/mol. The van der Waals surface area contributed by atoms with E-state index >= 15 is 0 Å². The molecule has 0 saturated heterocycles. The summed E-state index contributed by atoms with van der Waals surface area (Å²) >= 11 is 0. The van der Waals surface area contributed by atoms with Crippen molar-refractivity contribution in [1.29, 1.82) is 0 Å². The molecule has 0 bridgehead atoms. The van der Waals surface area contributed by atoms with Crippen LogP contribution < -0.4 is 15.1 Å². The van der Waals surface area contributed by atoms with Crippen LogP contribution in [-0.4, -0.2) is 25.9 Å². The van der Waals surface area contributed by atoms with Gasteiger partial charge in [0.2, 0.25) is 5.88 Å². The van der Waals surface area contributed by atoms with Crippen molar-refractivity contribution in [3.63, 3.8) is 0 Å². The Kier molecular flexibility index (Phi) is 4.96. The standard InChI is InChI=1S/C28H15F3N4O4/c29-28(30,31)39-17-12-10-15(11-13-17)20-21-23(18-8-4-5-9-19(18)37-27(21)36)38-26-22(20)25-33-24(34-35(25)14-32-26)16-6-2-1-3-7-16/h1-14,20H. The molecule has 1 atom stereocenters. The van der Waals surface area contributed by atoms with E-state index in [2.05, 4.69) is 14.8 Å². The summed E-state index contributed by atoms with van der Waals surface area (Å²) in [5.41, 5.74) is 1.89. The zero-order valence-corrected chi connectivity index (χ0v) is 19.7. The van der Waals surface area contributed by atoms with E-state index in [-0.39, 0.29) is 17.2 Å². The Hall–Kier alpha value is -5.19. The molecule has 1 aliphatic rings. The van der Waals surface area contributed by atoms with Gasteiger partial charge in [-0.1, -0.05) is 54.6 Å². The number of aromatic nitrogens is 4. The first kappa shape index (κ1) is 23.0. The molecule has 3 aromatic carbocycles. The molecule has 11 heteroatoms. The van der Waals surface area contributed by atoms with Crippen LogP contribution in [0.3, 0.4) is 0 Å². The maximum atomic E-state index is 13.4. The van der Waals surface area contributed by atoms with E-state index in [0.717, 1.165) is 5.56 Å². The van der Waals surface area contributed by atoms with Gasteiger partial charge in [-0.05, 0) is 29.8 Å². The molecule has 1 unspecified atom stereocenters. The summed E-state index contributed by atoms with van der Waals surface area (Å²) in [6.07, 6.45) is -3.38. The van der Waals surface area contributed by atoms with Crippen LogP contribution in [0.4, 0.5) is 13.2 Å². The van der Waals surface area contributed by atoms with Crippen LogP contribution in [0.2, 0.25) is 0 Å². The van der Waals surface area contributed by atoms with Crippen molar-refractivity contribution in [2.24, 2.45) is 0 Å². The van der Waals surface area contributed by atoms with Crippen molar-refractivity contribution in [1.82, 2.24) is 19.6 Å². The van der Waals surface area contributed by atoms with Crippen LogP contribution in [-0.2, 0) is 0 Å². The van der Waals surface area contributed by atoms with Crippen LogP contribution in [0.1, 0.15) is 22.6 Å². The molecule has 0 amide bonds. The topological polar surface area (TPSA) is 91.8 Å². The number of ether oxygens (including phenoxy) is 2. The van der Waals surface area contributed by atoms with E-state index in [1.807, 2.05) is 30.3 Å². The fourth-order valence-electron chi connectivity index (χ4n) is 4.83. The minimum absolute atomic E-state index is 0.171. The molecular formula is C28H15F3N4O4. The fraction of sp³-hybridized carbons (Fsp3) is 0.0714. The van der Waals surface area contributed by atoms with Gasteiger partial charge in [0.1, 0.15) is 17.7 Å². The molecule has 7 rings (SSSR count). The Labute approximate surface area is 216 Å². The Balaban J connectivity index is 1.49. The number of halogens is 3. The quantitative estimate of drug-likeness (QED) is 0.257. The van der Waals surface area contributed by atoms with Crippen LogP contribution in [0, 0.1) is 0 Å². The number of hydrogen-bond acceptors (Lipinski definition) is 7. The average molecular weight is 528 g/mol. The molecule has 0 saturated carbocycles. The number of fused-ring (bicyclic) bond motifs is 6. The SMILES string of the molecule is O=c1oc2ccccc2c2c1C(c1ccc(OC(F)(F)F)cc1)c1c(ncn3nc(-c4ccccc4)nc13)O2. The summed E-state index contributed by atoms with van der Waals surface area (Å²) < 4.78 is 55.7. The summed E-state index contributed by atoms with van der Waals surface area (Å²) in [5, 5.41) is 5.09. The van der Waals surface area contributed by atoms with Gasteiger partial charge < -0.3 is 13.9 Å². The Morgan fingerprint density at radius 3 is 2.41 bits per heavy atom. The molecule has 39 heavy (non-hydrogen) atoms. The third-order valence-electron chi connectivity index (χ3n) is 6.44. The van der Waals surface area contributed by atoms with E-state index in [4.69, 9.17) is 14.1 Å². The Bertz CT molecular complexity index is 1930. The largest absolute Gasteiger partial charge is 0.573 e. The number of nitrogens with zero attached hydrogens (tertiary/aromatic N) is 4. The van der Waals surface area contributed by atoms with Gasteiger partial charge in [0.05, 0.1) is 22.4 Å². The molecule has 192 valence electrons. The molecular weight excluding hydrogens is 513 g/mol. The third kappa shape index (κ3) is 3.86. The van der Waals surface area contributed by atoms with Crippen molar-refractivity contribution >= 4 is 16.6 Å². The van der Waals surface area contributed by atoms with E-state index < -0.39 is 23.7 Å². The number of alkyl halides is 3. The first-order valence-corrected chi connectivity index (χ1v) is 11.8. The number of para-hydroxylation sites is 1. The molecule has 8 nitrogen and oxygen atoms in total. The lowest BCUT2D eigenvalue weighted by Gasteiger charge is -2.27. The number of benzene rings is 3. The Morgan fingerprint density at radius 1 is 0.897 bits per heavy atom. The first-order valence-electron chi connectivity index (χ1n) is 11.8. The zero-order valence-electron chi connectivity index (χ0n) is 19.7. The molecule has 4 heterocycles. The van der Waals surface area contributed by atoms with Gasteiger partial charge in [-0.3, -0.25) is 0 Å². The second kappa shape index (κ2) is 8.42. The summed E-state index contributed by atoms with van der Waals surface area (Å²) in [6, 6.07) is 21.5. The lowest BCUT2D eigenvalue weighted by atomic mass is 9.84. The van der Waals surface area contributed by atoms with Crippen molar-refractivity contribution in [3.05, 3.63) is 112 Å². The molecule has 0 spiro atoms. The minimum Gasteiger partial charge on any atom is -0.437 e. The van der Waals surface area contributed by atoms with Crippen LogP contribution in [0.5, 0.6) is 17.4 Å². The minimum atomic E-state index is -4.84. The fourth-order valence-corrected chi connectivity index (χ4v) is 4.83. The summed E-state index contributed by atoms with van der Waals surface area (Å²) in [6.45, 7) is 0. The predicted molar refractivity (Wildman–Crippen MR) is 133 cm³/mol. The highest BCUT2D eigenvalue weighted by Gasteiger charge is 2.38. The first-order chi connectivity index (χ1) is 18.9. The molecule has 0 N–H and O–H groups in total. The number of hydrogen-bond donors (Lipinski definition) is 0. The van der Waals surface area contributed by atoms with Crippen LogP contribution >= 0.6 is 0 Å². The highest BCUT2D eigenvalue weighted by atomic mass is 19.4. The second-order valence-electron chi connectivity index (χ2n) is 8.81. The van der Waals surface area contributed by atoms with Crippen molar-refractivity contribution in [2.75, 3.05) is 0 Å². The lowest BCUT2D eigenvalue weighted by Crippen LogP contribution is -2.22. The van der Waals surface area contributed by atoms with Gasteiger partial charge >= 0.3 is 12.0 Å². The average Bonchev–Trinajstić information content (AvgIpc) is 3.37. The zero-order chi connectivity index (χ0) is 26.7. The molecule has 1 aliphatic heterocycles. The smallest absolute Gasteiger partial charge is 0.437 e. The molecule has 0 aliphatic carbocycles. The van der Waals surface area contributed by atoms with Gasteiger partial charge in [0.25, 0.3) is 0 Å². The Morgan fingerprint density at radius 2 is 1.64 bits per heavy atom. The second-order valence-corrected chi connectivity index (χ2v) is 8.81. The molecule has 3 aromatic heterocycles. The van der Waals surface area contributed by atoms with E-state index in [1.54, 1.807) is 24.3 Å². The van der Waals surface area contributed by atoms with E-state index in [9.17, 15) is 18.0 Å². The maximum absolute atomic E-state index is 13.4. The van der Waals surface area contributed by atoms with E-state index in [1.165, 1.54) is 35.1 Å². The van der Waals surface area contributed by atoms with Crippen LogP contribution in [0.15, 0.2) is 94.4 Å². The third-order valence-corrected chi connectivity index (χ3v) is 6.44. The molecule has 0 radical (unpaired) electrons. The van der Waals surface area contributed by atoms with Gasteiger partial charge in [-0.15, -0.1) is 18.3 Å². The summed E-state index contributed by atoms with van der Waals surface area (Å²) in [5.74, 6) is -0.356. The highest BCUT2D eigenvalue weighted by Crippen LogP contribution is 2.49. The van der Waals surface area contributed by atoms with Crippen molar-refractivity contribution in [2.45, 2.75) is 12.3 Å². The van der Waals surface area contributed by atoms with Gasteiger partial charge in [-0.25, -0.2) is 19.3 Å². The summed E-state index contributed by atoms with van der Waals surface area (Å²) in [4.78, 5) is 22.6. The molecule has 6 aromatic rings. The maximum Gasteiger partial charge on any atom is 0.573 e. The van der Waals surface area contributed by atoms with Gasteiger partial charge in [0.15, 0.2) is 17.2 Å². The predicted octanol–water partition coefficient (Wildman–Crippen LogP) is 6.08. The molecule has 0 fully saturated rings. The number of rotatable bonds is 3. The summed E-state index contributed by atoms with van der Waals surface area (Å²) in [7, 11) is 0. The normalized spacial score (nSPS) is 14.6. The van der Waals surface area contributed by atoms with E-state index in [0.29, 0.717) is 33.6 Å². The van der Waals surface area contributed by atoms with Gasteiger partial charge in [0, 0.05) is 5.56 Å². The van der Waals surface area contributed by atoms with Crippen molar-refractivity contribution < 1.29 is 27.1 Å². The highest BCUT2D eigenvalue weighted by molar-refractivity contribution is 5.87. The van der Waals surface area contributed by atoms with Crippen LogP contribution in [0.25, 0.3) is 28.0 Å². The van der Waals surface area contributed by atoms with Crippen molar-refractivity contribution in [3.8, 4) is 28.8 Å². The lowest BCUT2D eigenvalue weighted by molar-refractivity contribution is -0.274.